The lowest BCUT2D eigenvalue weighted by molar-refractivity contribution is 0.433. The van der Waals surface area contributed by atoms with E-state index in [1.165, 1.54) is 18.2 Å². The van der Waals surface area contributed by atoms with Gasteiger partial charge in [-0.15, -0.1) is 0 Å². The molecule has 0 aliphatic rings. The third-order valence-electron chi connectivity index (χ3n) is 2.03. The Kier molecular flexibility index (Phi) is 2.80. The molecule has 0 fully saturated rings. The lowest BCUT2D eigenvalue weighted by atomic mass is 9.86. The average Bonchev–Trinajstić information content (AvgIpc) is 1.99. The van der Waals surface area contributed by atoms with Crippen LogP contribution < -0.4 is 0 Å². The molecule has 0 atom stereocenters. The summed E-state index contributed by atoms with van der Waals surface area (Å²) in [5.41, 5.74) is -0.330. The molecule has 5 heteroatoms. The number of benzene rings is 1. The molecule has 4 nitrogen and oxygen atoms in total. The number of hydrogen-bond acceptors (Lipinski definition) is 3. The fraction of sp³-hybridized carbons (Fsp3) is 0.400. The molecule has 0 aliphatic carbocycles. The zero-order valence-corrected chi connectivity index (χ0v) is 9.67. The van der Waals surface area contributed by atoms with Crippen LogP contribution in [0.2, 0.25) is 0 Å². The molecule has 1 aromatic carbocycles. The molecule has 0 heterocycles. The van der Waals surface area contributed by atoms with Crippen LogP contribution >= 0.6 is 0 Å². The molecule has 15 heavy (non-hydrogen) atoms. The van der Waals surface area contributed by atoms with Crippen molar-refractivity contribution in [1.29, 1.82) is 0 Å². The van der Waals surface area contributed by atoms with E-state index in [-0.39, 0.29) is 16.2 Å². The number of aromatic hydroxyl groups is 1. The van der Waals surface area contributed by atoms with Gasteiger partial charge in [0.15, 0.2) is 0 Å². The summed E-state index contributed by atoms with van der Waals surface area (Å²) in [4.78, 5) is -0.241. The van der Waals surface area contributed by atoms with E-state index in [1.807, 2.05) is 0 Å². The van der Waals surface area contributed by atoms with Crippen molar-refractivity contribution in [3.05, 3.63) is 23.8 Å². The van der Waals surface area contributed by atoms with Gasteiger partial charge in [-0.1, -0.05) is 26.8 Å². The highest BCUT2D eigenvalue weighted by molar-refractivity contribution is 7.85. The zero-order valence-electron chi connectivity index (χ0n) is 8.85. The van der Waals surface area contributed by atoms with Gasteiger partial charge >= 0.3 is 0 Å². The van der Waals surface area contributed by atoms with Crippen molar-refractivity contribution in [3.63, 3.8) is 0 Å². The molecule has 1 rings (SSSR count). The molecule has 0 saturated carbocycles. The minimum absolute atomic E-state index is 0.127. The summed E-state index contributed by atoms with van der Waals surface area (Å²) in [5.74, 6) is -0.127. The second-order valence-corrected chi connectivity index (χ2v) is 5.77. The van der Waals surface area contributed by atoms with Crippen molar-refractivity contribution in [2.24, 2.45) is 0 Å². The number of phenols is 1. The highest BCUT2D eigenvalue weighted by atomic mass is 32.2. The molecule has 1 aromatic rings. The Bertz CT molecular complexity index is 469. The van der Waals surface area contributed by atoms with E-state index in [2.05, 4.69) is 0 Å². The first-order chi connectivity index (χ1) is 6.64. The van der Waals surface area contributed by atoms with Crippen LogP contribution in [0.25, 0.3) is 0 Å². The Balaban J connectivity index is 3.63. The Labute approximate surface area is 89.3 Å². The largest absolute Gasteiger partial charge is 0.508 e. The molecule has 0 spiro atoms. The van der Waals surface area contributed by atoms with Gasteiger partial charge in [-0.25, -0.2) is 0 Å². The van der Waals surface area contributed by atoms with Gasteiger partial charge in [-0.3, -0.25) is 4.55 Å². The zero-order chi connectivity index (χ0) is 11.9. The highest BCUT2D eigenvalue weighted by Gasteiger charge is 2.27. The van der Waals surface area contributed by atoms with E-state index < -0.39 is 15.5 Å². The molecule has 0 saturated heterocycles. The topological polar surface area (TPSA) is 74.6 Å². The van der Waals surface area contributed by atoms with Crippen LogP contribution in [0.5, 0.6) is 5.75 Å². The van der Waals surface area contributed by atoms with Crippen molar-refractivity contribution in [1.82, 2.24) is 0 Å². The Morgan fingerprint density at radius 3 is 2.07 bits per heavy atom. The van der Waals surface area contributed by atoms with Crippen molar-refractivity contribution in [2.75, 3.05) is 0 Å². The molecular formula is C10H14O4S. The predicted octanol–water partition coefficient (Wildman–Crippen LogP) is 1.94. The molecule has 2 N–H and O–H groups in total. The SMILES string of the molecule is CC(C)(C)c1c(O)cccc1S(=O)(=O)O. The summed E-state index contributed by atoms with van der Waals surface area (Å²) in [6.07, 6.45) is 0. The van der Waals surface area contributed by atoms with Crippen molar-refractivity contribution < 1.29 is 18.1 Å². The maximum atomic E-state index is 11.1. The normalized spacial score (nSPS) is 12.8. The molecule has 0 aliphatic heterocycles. The molecule has 84 valence electrons. The standard InChI is InChI=1S/C10H14O4S/c1-10(2,3)9-7(11)5-4-6-8(9)15(12,13)14/h4-6,11H,1-3H3,(H,12,13,14). The smallest absolute Gasteiger partial charge is 0.294 e. The van der Waals surface area contributed by atoms with E-state index in [4.69, 9.17) is 4.55 Å². The minimum Gasteiger partial charge on any atom is -0.508 e. The third kappa shape index (κ3) is 2.49. The maximum Gasteiger partial charge on any atom is 0.294 e. The molecule has 0 amide bonds. The summed E-state index contributed by atoms with van der Waals surface area (Å²) in [6.45, 7) is 5.28. The van der Waals surface area contributed by atoms with E-state index in [1.54, 1.807) is 20.8 Å². The molecule has 0 aromatic heterocycles. The van der Waals surface area contributed by atoms with Gasteiger partial charge in [-0.2, -0.15) is 8.42 Å². The van der Waals surface area contributed by atoms with Crippen molar-refractivity contribution in [3.8, 4) is 5.75 Å². The first kappa shape index (κ1) is 12.0. The second-order valence-electron chi connectivity index (χ2n) is 4.38. The lowest BCUT2D eigenvalue weighted by Crippen LogP contribution is -2.16. The Morgan fingerprint density at radius 2 is 1.73 bits per heavy atom. The van der Waals surface area contributed by atoms with Crippen molar-refractivity contribution in [2.45, 2.75) is 31.1 Å². The maximum absolute atomic E-state index is 11.1. The number of hydrogen-bond donors (Lipinski definition) is 2. The van der Waals surface area contributed by atoms with Gasteiger partial charge < -0.3 is 5.11 Å². The van der Waals surface area contributed by atoms with E-state index >= 15 is 0 Å². The molecular weight excluding hydrogens is 216 g/mol. The van der Waals surface area contributed by atoms with Gasteiger partial charge in [0, 0.05) is 5.56 Å². The first-order valence-electron chi connectivity index (χ1n) is 4.44. The van der Waals surface area contributed by atoms with Gasteiger partial charge in [0.1, 0.15) is 10.6 Å². The Morgan fingerprint density at radius 1 is 1.20 bits per heavy atom. The number of rotatable bonds is 1. The average molecular weight is 230 g/mol. The van der Waals surface area contributed by atoms with Crippen LogP contribution in [-0.2, 0) is 15.5 Å². The Hall–Kier alpha value is -1.07. The molecule has 0 radical (unpaired) electrons. The summed E-state index contributed by atoms with van der Waals surface area (Å²) < 4.78 is 31.2. The van der Waals surface area contributed by atoms with Crippen LogP contribution in [0.1, 0.15) is 26.3 Å². The van der Waals surface area contributed by atoms with Gasteiger partial charge in [0.05, 0.1) is 0 Å². The van der Waals surface area contributed by atoms with E-state index in [0.717, 1.165) is 0 Å². The van der Waals surface area contributed by atoms with Crippen LogP contribution in [0.3, 0.4) is 0 Å². The summed E-state index contributed by atoms with van der Waals surface area (Å²) >= 11 is 0. The quantitative estimate of drug-likeness (QED) is 0.723. The molecule has 0 bridgehead atoms. The van der Waals surface area contributed by atoms with Crippen LogP contribution in [0.4, 0.5) is 0 Å². The number of phenolic OH excluding ortho intramolecular Hbond substituents is 1. The van der Waals surface area contributed by atoms with E-state index in [9.17, 15) is 13.5 Å². The fourth-order valence-electron chi connectivity index (χ4n) is 1.49. The monoisotopic (exact) mass is 230 g/mol. The summed E-state index contributed by atoms with van der Waals surface area (Å²) in [7, 11) is -4.30. The molecule has 0 unspecified atom stereocenters. The minimum atomic E-state index is -4.30. The van der Waals surface area contributed by atoms with Crippen LogP contribution in [-0.4, -0.2) is 18.1 Å². The first-order valence-corrected chi connectivity index (χ1v) is 5.88. The summed E-state index contributed by atoms with van der Waals surface area (Å²) in [6, 6.07) is 4.05. The van der Waals surface area contributed by atoms with E-state index in [0.29, 0.717) is 0 Å². The van der Waals surface area contributed by atoms with Crippen LogP contribution in [0.15, 0.2) is 23.1 Å². The fourth-order valence-corrected chi connectivity index (χ4v) is 2.41. The summed E-state index contributed by atoms with van der Waals surface area (Å²) in [5, 5.41) is 9.61. The van der Waals surface area contributed by atoms with Gasteiger partial charge in [0.25, 0.3) is 10.1 Å². The van der Waals surface area contributed by atoms with Gasteiger partial charge in [0.2, 0.25) is 0 Å². The highest BCUT2D eigenvalue weighted by Crippen LogP contribution is 2.35. The lowest BCUT2D eigenvalue weighted by Gasteiger charge is -2.22. The third-order valence-corrected chi connectivity index (χ3v) is 2.93. The van der Waals surface area contributed by atoms with Gasteiger partial charge in [-0.05, 0) is 17.5 Å². The van der Waals surface area contributed by atoms with Crippen molar-refractivity contribution >= 4 is 10.1 Å². The predicted molar refractivity (Wildman–Crippen MR) is 56.6 cm³/mol. The van der Waals surface area contributed by atoms with Crippen LogP contribution in [0, 0.1) is 0 Å². The second kappa shape index (κ2) is 3.50.